The van der Waals surface area contributed by atoms with Crippen LogP contribution in [0, 0.1) is 6.92 Å². The molecule has 0 aliphatic rings. The molecule has 0 bridgehead atoms. The number of fused-ring (bicyclic) bond motifs is 6. The van der Waals surface area contributed by atoms with Crippen molar-refractivity contribution in [2.24, 2.45) is 7.05 Å². The molecule has 0 aliphatic carbocycles. The first kappa shape index (κ1) is 26.3. The van der Waals surface area contributed by atoms with E-state index in [0.29, 0.717) is 0 Å². The highest BCUT2D eigenvalue weighted by atomic mass is 16.3. The van der Waals surface area contributed by atoms with E-state index in [2.05, 4.69) is 154 Å². The number of rotatable bonds is 4. The van der Waals surface area contributed by atoms with Crippen molar-refractivity contribution < 1.29 is 8.98 Å². The van der Waals surface area contributed by atoms with Gasteiger partial charge in [0.15, 0.2) is 16.6 Å². The maximum absolute atomic E-state index is 6.86. The Morgan fingerprint density at radius 3 is 2.00 bits per heavy atom. The van der Waals surface area contributed by atoms with Gasteiger partial charge in [-0.1, -0.05) is 91.0 Å². The predicted molar refractivity (Wildman–Crippen MR) is 186 cm³/mol. The van der Waals surface area contributed by atoms with Crippen LogP contribution in [0.15, 0.2) is 144 Å². The molecule has 0 N–H and O–H groups in total. The molecule has 9 rings (SSSR count). The van der Waals surface area contributed by atoms with E-state index >= 15 is 0 Å². The van der Waals surface area contributed by atoms with Crippen molar-refractivity contribution in [3.05, 3.63) is 146 Å². The Bertz CT molecular complexity index is 2580. The minimum absolute atomic E-state index is 0.909. The highest BCUT2D eigenvalue weighted by Gasteiger charge is 2.30. The molecule has 3 heterocycles. The lowest BCUT2D eigenvalue weighted by Gasteiger charge is -2.09. The molecular formula is C41H29N4O+. The molecule has 0 fully saturated rings. The van der Waals surface area contributed by atoms with Crippen LogP contribution in [0.4, 0.5) is 0 Å². The third-order valence-electron chi connectivity index (χ3n) is 9.21. The zero-order valence-corrected chi connectivity index (χ0v) is 25.5. The van der Waals surface area contributed by atoms with Gasteiger partial charge in [0.1, 0.15) is 23.2 Å². The van der Waals surface area contributed by atoms with Gasteiger partial charge in [0.05, 0.1) is 7.05 Å². The van der Waals surface area contributed by atoms with E-state index < -0.39 is 0 Å². The lowest BCUT2D eigenvalue weighted by molar-refractivity contribution is -0.633. The van der Waals surface area contributed by atoms with Crippen LogP contribution in [0.5, 0.6) is 0 Å². The molecule has 0 aliphatic heterocycles. The largest absolute Gasteiger partial charge is 0.454 e. The molecule has 3 aromatic heterocycles. The first-order valence-electron chi connectivity index (χ1n) is 15.5. The van der Waals surface area contributed by atoms with Crippen LogP contribution in [0.1, 0.15) is 5.56 Å². The molecule has 0 unspecified atom stereocenters. The number of benzene rings is 6. The average molecular weight is 594 g/mol. The molecule has 0 atom stereocenters. The van der Waals surface area contributed by atoms with E-state index in [-0.39, 0.29) is 0 Å². The molecule has 0 amide bonds. The molecule has 0 radical (unpaired) electrons. The Morgan fingerprint density at radius 2 is 1.22 bits per heavy atom. The Hall–Kier alpha value is -6.07. The summed E-state index contributed by atoms with van der Waals surface area (Å²) in [6, 6.07) is 43.2. The summed E-state index contributed by atoms with van der Waals surface area (Å²) < 4.78 is 11.5. The van der Waals surface area contributed by atoms with Crippen molar-refractivity contribution in [3.63, 3.8) is 0 Å². The Balaban J connectivity index is 1.22. The summed E-state index contributed by atoms with van der Waals surface area (Å²) in [5.41, 5.74) is 11.9. The van der Waals surface area contributed by atoms with Gasteiger partial charge in [-0.25, -0.2) is 14.5 Å². The molecule has 218 valence electrons. The van der Waals surface area contributed by atoms with Gasteiger partial charge < -0.3 is 4.42 Å². The monoisotopic (exact) mass is 593 g/mol. The molecule has 0 saturated heterocycles. The molecular weight excluding hydrogens is 564 g/mol. The van der Waals surface area contributed by atoms with Crippen molar-refractivity contribution in [1.29, 1.82) is 0 Å². The van der Waals surface area contributed by atoms with Crippen LogP contribution >= 0.6 is 0 Å². The summed E-state index contributed by atoms with van der Waals surface area (Å²) in [5.74, 6) is 1.08. The summed E-state index contributed by atoms with van der Waals surface area (Å²) in [7, 11) is 2.15. The third kappa shape index (κ3) is 3.99. The van der Waals surface area contributed by atoms with E-state index in [1.54, 1.807) is 6.33 Å². The minimum atomic E-state index is 0.909. The summed E-state index contributed by atoms with van der Waals surface area (Å²) in [4.78, 5) is 8.31. The molecule has 9 aromatic rings. The highest BCUT2D eigenvalue weighted by Crippen LogP contribution is 2.41. The van der Waals surface area contributed by atoms with Gasteiger partial charge in [-0.15, -0.1) is 0 Å². The Labute approximate surface area is 265 Å². The van der Waals surface area contributed by atoms with E-state index in [9.17, 15) is 0 Å². The van der Waals surface area contributed by atoms with Gasteiger partial charge in [-0.05, 0) is 64.9 Å². The fourth-order valence-electron chi connectivity index (χ4n) is 6.91. The summed E-state index contributed by atoms with van der Waals surface area (Å²) in [6.07, 6.45) is 5.23. The van der Waals surface area contributed by atoms with Crippen LogP contribution in [-0.2, 0) is 7.05 Å². The predicted octanol–water partition coefficient (Wildman–Crippen LogP) is 9.61. The highest BCUT2D eigenvalue weighted by molar-refractivity contribution is 6.17. The van der Waals surface area contributed by atoms with Gasteiger partial charge in [-0.2, -0.15) is 4.57 Å². The number of aryl methyl sites for hydroxylation is 2. The van der Waals surface area contributed by atoms with Gasteiger partial charge >= 0.3 is 0 Å². The number of nitrogens with zero attached hydrogens (tertiary/aromatic N) is 4. The number of imidazole rings is 1. The summed E-state index contributed by atoms with van der Waals surface area (Å²) in [6.45, 7) is 2.18. The topological polar surface area (TPSA) is 47.7 Å². The van der Waals surface area contributed by atoms with Crippen LogP contribution < -0.4 is 4.57 Å². The Kier molecular flexibility index (Phi) is 5.87. The zero-order chi connectivity index (χ0) is 30.8. The maximum atomic E-state index is 6.86. The van der Waals surface area contributed by atoms with Gasteiger partial charge in [0, 0.05) is 34.1 Å². The van der Waals surface area contributed by atoms with Crippen molar-refractivity contribution in [2.45, 2.75) is 6.92 Å². The normalized spacial score (nSPS) is 11.7. The lowest BCUT2D eigenvalue weighted by Crippen LogP contribution is -2.30. The van der Waals surface area contributed by atoms with E-state index in [1.807, 2.05) is 12.4 Å². The standard InChI is InChI=1S/C41H29N4O/c1-26-11-21-35-34-22-18-30-7-3-4-8-33(30)39(34)46-40(35)38(26)41-44(2)36-9-5-6-10-37(36)45(41)32-19-16-28(17-20-32)27-12-14-29(15-13-27)31-23-42-25-43-24-31/h3-25H,1-2H3/q+1. The van der Waals surface area contributed by atoms with Crippen LogP contribution in [-0.4, -0.2) is 14.5 Å². The quantitative estimate of drug-likeness (QED) is 0.191. The number of hydrogen-bond acceptors (Lipinski definition) is 3. The second-order valence-electron chi connectivity index (χ2n) is 11.9. The smallest absolute Gasteiger partial charge is 0.298 e. The maximum Gasteiger partial charge on any atom is 0.298 e. The van der Waals surface area contributed by atoms with E-state index in [1.165, 1.54) is 5.39 Å². The van der Waals surface area contributed by atoms with Crippen molar-refractivity contribution in [1.82, 2.24) is 14.5 Å². The zero-order valence-electron chi connectivity index (χ0n) is 25.5. The molecule has 5 nitrogen and oxygen atoms in total. The van der Waals surface area contributed by atoms with Gasteiger partial charge in [-0.3, -0.25) is 0 Å². The van der Waals surface area contributed by atoms with Gasteiger partial charge in [0.25, 0.3) is 5.82 Å². The number of hydrogen-bond donors (Lipinski definition) is 0. The molecule has 5 heteroatoms. The van der Waals surface area contributed by atoms with Crippen LogP contribution in [0.2, 0.25) is 0 Å². The molecule has 6 aromatic carbocycles. The molecule has 0 spiro atoms. The average Bonchev–Trinajstić information content (AvgIpc) is 3.64. The van der Waals surface area contributed by atoms with Crippen molar-refractivity contribution >= 4 is 43.7 Å². The van der Waals surface area contributed by atoms with Crippen molar-refractivity contribution in [3.8, 4) is 39.3 Å². The molecule has 46 heavy (non-hydrogen) atoms. The number of aromatic nitrogens is 4. The van der Waals surface area contributed by atoms with E-state index in [0.717, 1.165) is 83.3 Å². The third-order valence-corrected chi connectivity index (χ3v) is 9.21. The lowest BCUT2D eigenvalue weighted by atomic mass is 10.0. The van der Waals surface area contributed by atoms with Gasteiger partial charge in [0.2, 0.25) is 0 Å². The first-order valence-corrected chi connectivity index (χ1v) is 15.5. The van der Waals surface area contributed by atoms with Crippen LogP contribution in [0.25, 0.3) is 83.1 Å². The summed E-state index contributed by atoms with van der Waals surface area (Å²) >= 11 is 0. The fraction of sp³-hybridized carbons (Fsp3) is 0.0488. The molecule has 0 saturated carbocycles. The summed E-state index contributed by atoms with van der Waals surface area (Å²) in [5, 5.41) is 4.57. The first-order chi connectivity index (χ1) is 22.7. The van der Waals surface area contributed by atoms with Crippen LogP contribution in [0.3, 0.4) is 0 Å². The van der Waals surface area contributed by atoms with E-state index in [4.69, 9.17) is 4.42 Å². The SMILES string of the molecule is Cc1ccc2c(oc3c4ccccc4ccc23)c1-c1n(-c2ccc(-c3ccc(-c4cncnc4)cc3)cc2)c2ccccc2[n+]1C. The second kappa shape index (κ2) is 10.2. The minimum Gasteiger partial charge on any atom is -0.454 e. The van der Waals surface area contributed by atoms with Crippen molar-refractivity contribution in [2.75, 3.05) is 0 Å². The number of furan rings is 1. The second-order valence-corrected chi connectivity index (χ2v) is 11.9. The Morgan fingerprint density at radius 1 is 0.587 bits per heavy atom. The number of para-hydroxylation sites is 2. The fourth-order valence-corrected chi connectivity index (χ4v) is 6.91.